The summed E-state index contributed by atoms with van der Waals surface area (Å²) < 4.78 is 13.1. The fourth-order valence-corrected chi connectivity index (χ4v) is 3.33. The number of rotatable bonds is 4. The van der Waals surface area contributed by atoms with Crippen LogP contribution in [0, 0.1) is 6.92 Å². The molecule has 3 aromatic rings. The lowest BCUT2D eigenvalue weighted by Gasteiger charge is -2.12. The maximum atomic E-state index is 5.58. The van der Waals surface area contributed by atoms with Gasteiger partial charge in [-0.3, -0.25) is 0 Å². The smallest absolute Gasteiger partial charge is 0.133 e. The van der Waals surface area contributed by atoms with Gasteiger partial charge >= 0.3 is 0 Å². The molecule has 5 nitrogen and oxygen atoms in total. The Morgan fingerprint density at radius 1 is 1.00 bits per heavy atom. The van der Waals surface area contributed by atoms with Crippen molar-refractivity contribution in [3.63, 3.8) is 0 Å². The SMILES string of the molecule is COc1cccc(OC)c1-c1nn(-c2ccc(C)cc2)c2c1CCN2. The van der Waals surface area contributed by atoms with E-state index in [-0.39, 0.29) is 0 Å². The molecule has 0 amide bonds. The highest BCUT2D eigenvalue weighted by Gasteiger charge is 2.27. The van der Waals surface area contributed by atoms with Crippen LogP contribution in [0.5, 0.6) is 11.5 Å². The van der Waals surface area contributed by atoms with Gasteiger partial charge in [0.1, 0.15) is 23.0 Å². The van der Waals surface area contributed by atoms with Crippen molar-refractivity contribution in [3.8, 4) is 28.4 Å². The van der Waals surface area contributed by atoms with E-state index in [0.717, 1.165) is 47.2 Å². The van der Waals surface area contributed by atoms with E-state index in [2.05, 4.69) is 36.5 Å². The average molecular weight is 335 g/mol. The molecule has 0 unspecified atom stereocenters. The average Bonchev–Trinajstić information content (AvgIpc) is 3.24. The molecule has 0 saturated carbocycles. The zero-order chi connectivity index (χ0) is 17.4. The minimum Gasteiger partial charge on any atom is -0.496 e. The van der Waals surface area contributed by atoms with Crippen LogP contribution in [-0.4, -0.2) is 30.5 Å². The summed E-state index contributed by atoms with van der Waals surface area (Å²) in [7, 11) is 3.35. The second kappa shape index (κ2) is 6.16. The zero-order valence-corrected chi connectivity index (χ0v) is 14.7. The van der Waals surface area contributed by atoms with Gasteiger partial charge in [-0.1, -0.05) is 23.8 Å². The lowest BCUT2D eigenvalue weighted by Crippen LogP contribution is -2.04. The summed E-state index contributed by atoms with van der Waals surface area (Å²) in [6, 6.07) is 14.2. The van der Waals surface area contributed by atoms with Crippen LogP contribution in [0.25, 0.3) is 16.9 Å². The lowest BCUT2D eigenvalue weighted by molar-refractivity contribution is 0.397. The van der Waals surface area contributed by atoms with Gasteiger partial charge in [-0.2, -0.15) is 5.10 Å². The maximum absolute atomic E-state index is 5.58. The van der Waals surface area contributed by atoms with Crippen molar-refractivity contribution in [2.75, 3.05) is 26.1 Å². The standard InChI is InChI=1S/C20H21N3O2/c1-13-7-9-14(10-8-13)23-20-15(11-12-21-20)19(22-23)18-16(24-2)5-4-6-17(18)25-3/h4-10,21H,11-12H2,1-3H3. The van der Waals surface area contributed by atoms with Crippen LogP contribution in [0.15, 0.2) is 42.5 Å². The summed E-state index contributed by atoms with van der Waals surface area (Å²) in [5.41, 5.74) is 5.28. The van der Waals surface area contributed by atoms with Gasteiger partial charge in [0.25, 0.3) is 0 Å². The highest BCUT2D eigenvalue weighted by Crippen LogP contribution is 2.43. The topological polar surface area (TPSA) is 48.3 Å². The summed E-state index contributed by atoms with van der Waals surface area (Å²) in [6.45, 7) is 2.99. The van der Waals surface area contributed by atoms with Crippen LogP contribution in [0.1, 0.15) is 11.1 Å². The van der Waals surface area contributed by atoms with Gasteiger partial charge < -0.3 is 14.8 Å². The van der Waals surface area contributed by atoms with Crippen molar-refractivity contribution in [2.24, 2.45) is 0 Å². The number of fused-ring (bicyclic) bond motifs is 1. The quantitative estimate of drug-likeness (QED) is 0.787. The third-order valence-electron chi connectivity index (χ3n) is 4.59. The second-order valence-electron chi connectivity index (χ2n) is 6.14. The van der Waals surface area contributed by atoms with Gasteiger partial charge in [0, 0.05) is 12.1 Å². The molecule has 0 aliphatic carbocycles. The van der Waals surface area contributed by atoms with Crippen LogP contribution in [0.4, 0.5) is 5.82 Å². The van der Waals surface area contributed by atoms with Gasteiger partial charge in [-0.15, -0.1) is 0 Å². The molecule has 1 N–H and O–H groups in total. The third-order valence-corrected chi connectivity index (χ3v) is 4.59. The molecule has 0 bridgehead atoms. The van der Waals surface area contributed by atoms with Gasteiger partial charge in [0.2, 0.25) is 0 Å². The van der Waals surface area contributed by atoms with E-state index in [4.69, 9.17) is 14.6 Å². The molecule has 2 heterocycles. The number of ether oxygens (including phenoxy) is 2. The molecule has 0 saturated heterocycles. The van der Waals surface area contributed by atoms with E-state index in [1.165, 1.54) is 11.1 Å². The molecule has 25 heavy (non-hydrogen) atoms. The van der Waals surface area contributed by atoms with Crippen molar-refractivity contribution in [2.45, 2.75) is 13.3 Å². The van der Waals surface area contributed by atoms with E-state index >= 15 is 0 Å². The molecule has 5 heteroatoms. The van der Waals surface area contributed by atoms with Crippen molar-refractivity contribution >= 4 is 5.82 Å². The highest BCUT2D eigenvalue weighted by atomic mass is 16.5. The fourth-order valence-electron chi connectivity index (χ4n) is 3.33. The van der Waals surface area contributed by atoms with E-state index in [1.54, 1.807) is 14.2 Å². The third kappa shape index (κ3) is 2.52. The Morgan fingerprint density at radius 3 is 2.32 bits per heavy atom. The normalized spacial score (nSPS) is 12.6. The van der Waals surface area contributed by atoms with Crippen LogP contribution < -0.4 is 14.8 Å². The minimum atomic E-state index is 0.766. The largest absolute Gasteiger partial charge is 0.496 e. The molecule has 1 aliphatic rings. The molecule has 1 aromatic heterocycles. The number of aromatic nitrogens is 2. The highest BCUT2D eigenvalue weighted by molar-refractivity contribution is 5.81. The van der Waals surface area contributed by atoms with E-state index in [1.807, 2.05) is 22.9 Å². The molecule has 0 atom stereocenters. The maximum Gasteiger partial charge on any atom is 0.133 e. The van der Waals surface area contributed by atoms with Crippen LogP contribution in [0.3, 0.4) is 0 Å². The first kappa shape index (κ1) is 15.6. The Labute approximate surface area is 147 Å². The summed E-state index contributed by atoms with van der Waals surface area (Å²) in [5.74, 6) is 2.58. The Hall–Kier alpha value is -2.95. The van der Waals surface area contributed by atoms with Crippen molar-refractivity contribution < 1.29 is 9.47 Å². The first-order chi connectivity index (χ1) is 12.2. The molecular formula is C20H21N3O2. The fraction of sp³-hybridized carbons (Fsp3) is 0.250. The number of nitrogens with one attached hydrogen (secondary N) is 1. The van der Waals surface area contributed by atoms with Gasteiger partial charge in [0.05, 0.1) is 25.5 Å². The van der Waals surface area contributed by atoms with Gasteiger partial charge in [-0.05, 0) is 37.6 Å². The molecule has 128 valence electrons. The second-order valence-corrected chi connectivity index (χ2v) is 6.14. The summed E-state index contributed by atoms with van der Waals surface area (Å²) in [4.78, 5) is 0. The van der Waals surface area contributed by atoms with Gasteiger partial charge in [0.15, 0.2) is 0 Å². The predicted octanol–water partition coefficient (Wildman–Crippen LogP) is 3.83. The Kier molecular flexibility index (Phi) is 3.84. The number of methoxy groups -OCH3 is 2. The number of aryl methyl sites for hydroxylation is 1. The Morgan fingerprint density at radius 2 is 1.68 bits per heavy atom. The first-order valence-electron chi connectivity index (χ1n) is 8.37. The Balaban J connectivity index is 1.94. The molecule has 0 spiro atoms. The predicted molar refractivity (Wildman–Crippen MR) is 99.0 cm³/mol. The molecule has 4 rings (SSSR count). The minimum absolute atomic E-state index is 0.766. The number of benzene rings is 2. The van der Waals surface area contributed by atoms with Crippen LogP contribution >= 0.6 is 0 Å². The van der Waals surface area contributed by atoms with Gasteiger partial charge in [-0.25, -0.2) is 4.68 Å². The number of nitrogens with zero attached hydrogens (tertiary/aromatic N) is 2. The van der Waals surface area contributed by atoms with E-state index in [0.29, 0.717) is 0 Å². The molecule has 0 fully saturated rings. The van der Waals surface area contributed by atoms with Crippen molar-refractivity contribution in [3.05, 3.63) is 53.6 Å². The number of hydrogen-bond donors (Lipinski definition) is 1. The van der Waals surface area contributed by atoms with Crippen LogP contribution in [-0.2, 0) is 6.42 Å². The van der Waals surface area contributed by atoms with Crippen molar-refractivity contribution in [1.29, 1.82) is 0 Å². The Bertz CT molecular complexity index is 891. The molecular weight excluding hydrogens is 314 g/mol. The first-order valence-corrected chi connectivity index (χ1v) is 8.37. The summed E-state index contributed by atoms with van der Waals surface area (Å²) in [6.07, 6.45) is 0.928. The van der Waals surface area contributed by atoms with Crippen molar-refractivity contribution in [1.82, 2.24) is 9.78 Å². The number of hydrogen-bond acceptors (Lipinski definition) is 4. The lowest BCUT2D eigenvalue weighted by atomic mass is 10.0. The number of anilines is 1. The van der Waals surface area contributed by atoms with E-state index in [9.17, 15) is 0 Å². The van der Waals surface area contributed by atoms with Crippen LogP contribution in [0.2, 0.25) is 0 Å². The molecule has 2 aromatic carbocycles. The van der Waals surface area contributed by atoms with E-state index < -0.39 is 0 Å². The molecule has 1 aliphatic heterocycles. The monoisotopic (exact) mass is 335 g/mol. The zero-order valence-electron chi connectivity index (χ0n) is 14.7. The molecule has 0 radical (unpaired) electrons. The summed E-state index contributed by atoms with van der Waals surface area (Å²) in [5, 5.41) is 8.38. The summed E-state index contributed by atoms with van der Waals surface area (Å²) >= 11 is 0.